The second kappa shape index (κ2) is 5.34. The van der Waals surface area contributed by atoms with E-state index in [9.17, 15) is 0 Å². The molecule has 0 bridgehead atoms. The number of nitrogen functional groups attached to an aromatic ring is 1. The molecule has 1 aromatic rings. The Kier molecular flexibility index (Phi) is 3.81. The zero-order chi connectivity index (χ0) is 13.0. The number of nitrogens with zero attached hydrogens (tertiary/aromatic N) is 3. The van der Waals surface area contributed by atoms with Crippen molar-refractivity contribution < 1.29 is 9.47 Å². The highest BCUT2D eigenvalue weighted by atomic mass is 16.5. The molecule has 0 radical (unpaired) electrons. The largest absolute Gasteiger partial charge is 0.464 e. The smallest absolute Gasteiger partial charge is 0.323 e. The van der Waals surface area contributed by atoms with Gasteiger partial charge in [0.15, 0.2) is 0 Å². The maximum atomic E-state index is 5.62. The Hall–Kier alpha value is -1.63. The standard InChI is InChI=1S/C11H19N5O2/c1-3-18-10-14-8(12)13-9(15-10)16-11(2)5-4-6-17-7-11/h3-7H2,1-2H3,(H3,12,13,14,15,16). The van der Waals surface area contributed by atoms with Crippen molar-refractivity contribution >= 4 is 11.9 Å². The molecule has 1 aliphatic heterocycles. The third-order valence-corrected chi connectivity index (χ3v) is 2.76. The first-order chi connectivity index (χ1) is 8.61. The molecule has 18 heavy (non-hydrogen) atoms. The summed E-state index contributed by atoms with van der Waals surface area (Å²) in [7, 11) is 0. The molecular weight excluding hydrogens is 234 g/mol. The van der Waals surface area contributed by atoms with Gasteiger partial charge in [-0.25, -0.2) is 0 Å². The van der Waals surface area contributed by atoms with E-state index in [1.807, 2.05) is 6.92 Å². The summed E-state index contributed by atoms with van der Waals surface area (Å²) in [5.41, 5.74) is 5.45. The Balaban J connectivity index is 2.12. The van der Waals surface area contributed by atoms with Crippen molar-refractivity contribution in [2.45, 2.75) is 32.2 Å². The third-order valence-electron chi connectivity index (χ3n) is 2.76. The van der Waals surface area contributed by atoms with E-state index < -0.39 is 0 Å². The van der Waals surface area contributed by atoms with Crippen LogP contribution in [0.4, 0.5) is 11.9 Å². The van der Waals surface area contributed by atoms with Crippen LogP contribution in [-0.2, 0) is 4.74 Å². The molecule has 1 aromatic heterocycles. The van der Waals surface area contributed by atoms with E-state index in [0.717, 1.165) is 19.4 Å². The fraction of sp³-hybridized carbons (Fsp3) is 0.727. The molecule has 3 N–H and O–H groups in total. The van der Waals surface area contributed by atoms with Crippen LogP contribution < -0.4 is 15.8 Å². The number of nitrogens with two attached hydrogens (primary N) is 1. The number of rotatable bonds is 4. The number of hydrogen-bond acceptors (Lipinski definition) is 7. The van der Waals surface area contributed by atoms with Crippen molar-refractivity contribution in [2.24, 2.45) is 0 Å². The molecule has 1 unspecified atom stereocenters. The lowest BCUT2D eigenvalue weighted by molar-refractivity contribution is 0.0537. The zero-order valence-electron chi connectivity index (χ0n) is 10.8. The van der Waals surface area contributed by atoms with Crippen molar-refractivity contribution in [3.8, 4) is 6.01 Å². The Morgan fingerprint density at radius 1 is 1.44 bits per heavy atom. The Morgan fingerprint density at radius 2 is 2.28 bits per heavy atom. The predicted molar refractivity (Wildman–Crippen MR) is 67.5 cm³/mol. The second-order valence-electron chi connectivity index (χ2n) is 4.57. The van der Waals surface area contributed by atoms with Gasteiger partial charge in [-0.15, -0.1) is 0 Å². The Bertz CT molecular complexity index is 406. The van der Waals surface area contributed by atoms with Crippen molar-refractivity contribution in [3.63, 3.8) is 0 Å². The highest BCUT2D eigenvalue weighted by Gasteiger charge is 2.28. The molecular formula is C11H19N5O2. The monoisotopic (exact) mass is 253 g/mol. The average molecular weight is 253 g/mol. The van der Waals surface area contributed by atoms with Crippen LogP contribution in [0.2, 0.25) is 0 Å². The molecule has 7 nitrogen and oxygen atoms in total. The molecule has 100 valence electrons. The molecule has 7 heteroatoms. The highest BCUT2D eigenvalue weighted by Crippen LogP contribution is 2.23. The number of hydrogen-bond donors (Lipinski definition) is 2. The van der Waals surface area contributed by atoms with Crippen LogP contribution in [0.3, 0.4) is 0 Å². The first kappa shape index (κ1) is 12.8. The summed E-state index contributed by atoms with van der Waals surface area (Å²) in [6.45, 7) is 5.86. The summed E-state index contributed by atoms with van der Waals surface area (Å²) in [6, 6.07) is 0.243. The van der Waals surface area contributed by atoms with Crippen molar-refractivity contribution in [1.82, 2.24) is 15.0 Å². The number of anilines is 2. The molecule has 0 amide bonds. The molecule has 1 saturated heterocycles. The van der Waals surface area contributed by atoms with E-state index in [2.05, 4.69) is 27.2 Å². The second-order valence-corrected chi connectivity index (χ2v) is 4.57. The lowest BCUT2D eigenvalue weighted by Crippen LogP contribution is -2.43. The van der Waals surface area contributed by atoms with Crippen LogP contribution in [0.1, 0.15) is 26.7 Å². The van der Waals surface area contributed by atoms with E-state index in [1.165, 1.54) is 0 Å². The van der Waals surface area contributed by atoms with Gasteiger partial charge in [-0.05, 0) is 26.7 Å². The van der Waals surface area contributed by atoms with Gasteiger partial charge in [0.05, 0.1) is 18.8 Å². The molecule has 0 saturated carbocycles. The van der Waals surface area contributed by atoms with Crippen LogP contribution in [0.15, 0.2) is 0 Å². The van der Waals surface area contributed by atoms with Crippen molar-refractivity contribution in [1.29, 1.82) is 0 Å². The quantitative estimate of drug-likeness (QED) is 0.820. The molecule has 1 aliphatic rings. The molecule has 1 fully saturated rings. The molecule has 2 rings (SSSR count). The summed E-state index contributed by atoms with van der Waals surface area (Å²) in [5, 5.41) is 3.25. The summed E-state index contributed by atoms with van der Waals surface area (Å²) in [5.74, 6) is 0.579. The average Bonchev–Trinajstić information content (AvgIpc) is 2.28. The fourth-order valence-corrected chi connectivity index (χ4v) is 1.92. The first-order valence-corrected chi connectivity index (χ1v) is 6.11. The van der Waals surface area contributed by atoms with Crippen LogP contribution in [0, 0.1) is 0 Å². The van der Waals surface area contributed by atoms with Gasteiger partial charge in [0, 0.05) is 6.61 Å². The van der Waals surface area contributed by atoms with E-state index in [1.54, 1.807) is 0 Å². The van der Waals surface area contributed by atoms with Crippen LogP contribution >= 0.6 is 0 Å². The highest BCUT2D eigenvalue weighted by molar-refractivity contribution is 5.35. The summed E-state index contributed by atoms with van der Waals surface area (Å²) in [4.78, 5) is 12.1. The fourth-order valence-electron chi connectivity index (χ4n) is 1.92. The molecule has 2 heterocycles. The van der Waals surface area contributed by atoms with Crippen molar-refractivity contribution in [2.75, 3.05) is 30.9 Å². The summed E-state index contributed by atoms with van der Waals surface area (Å²) >= 11 is 0. The van der Waals surface area contributed by atoms with Gasteiger partial charge < -0.3 is 20.5 Å². The van der Waals surface area contributed by atoms with Gasteiger partial charge in [0.25, 0.3) is 0 Å². The van der Waals surface area contributed by atoms with Gasteiger partial charge in [-0.2, -0.15) is 15.0 Å². The molecule has 1 atom stereocenters. The Labute approximate surface area is 106 Å². The lowest BCUT2D eigenvalue weighted by atomic mass is 9.95. The molecule has 0 aliphatic carbocycles. The van der Waals surface area contributed by atoms with E-state index in [0.29, 0.717) is 19.2 Å². The minimum absolute atomic E-state index is 0.149. The lowest BCUT2D eigenvalue weighted by Gasteiger charge is -2.34. The normalized spacial score (nSPS) is 23.7. The van der Waals surface area contributed by atoms with E-state index in [4.69, 9.17) is 15.2 Å². The van der Waals surface area contributed by atoms with Crippen molar-refractivity contribution in [3.05, 3.63) is 0 Å². The SMILES string of the molecule is CCOc1nc(N)nc(NC2(C)CCCOC2)n1. The van der Waals surface area contributed by atoms with Gasteiger partial charge in [0.1, 0.15) is 0 Å². The third kappa shape index (κ3) is 3.19. The van der Waals surface area contributed by atoms with Gasteiger partial charge in [-0.3, -0.25) is 0 Å². The summed E-state index contributed by atoms with van der Waals surface area (Å²) < 4.78 is 10.7. The maximum absolute atomic E-state index is 5.62. The van der Waals surface area contributed by atoms with Crippen LogP contribution in [0.5, 0.6) is 6.01 Å². The minimum Gasteiger partial charge on any atom is -0.464 e. The minimum atomic E-state index is -0.171. The first-order valence-electron chi connectivity index (χ1n) is 6.11. The molecule has 0 aromatic carbocycles. The zero-order valence-corrected chi connectivity index (χ0v) is 10.8. The number of ether oxygens (including phenoxy) is 2. The van der Waals surface area contributed by atoms with E-state index in [-0.39, 0.29) is 17.5 Å². The van der Waals surface area contributed by atoms with Gasteiger partial charge in [0.2, 0.25) is 11.9 Å². The summed E-state index contributed by atoms with van der Waals surface area (Å²) in [6.07, 6.45) is 2.02. The van der Waals surface area contributed by atoms with Crippen LogP contribution in [-0.4, -0.2) is 40.3 Å². The van der Waals surface area contributed by atoms with Crippen LogP contribution in [0.25, 0.3) is 0 Å². The van der Waals surface area contributed by atoms with E-state index >= 15 is 0 Å². The number of nitrogens with one attached hydrogen (secondary N) is 1. The van der Waals surface area contributed by atoms with Gasteiger partial charge in [-0.1, -0.05) is 0 Å². The number of aromatic nitrogens is 3. The predicted octanol–water partition coefficient (Wildman–Crippen LogP) is 0.833. The van der Waals surface area contributed by atoms with Gasteiger partial charge >= 0.3 is 6.01 Å². The Morgan fingerprint density at radius 3 is 2.94 bits per heavy atom. The maximum Gasteiger partial charge on any atom is 0.323 e. The molecule has 0 spiro atoms. The topological polar surface area (TPSA) is 95.2 Å².